The van der Waals surface area contributed by atoms with Crippen molar-refractivity contribution in [3.8, 4) is 11.5 Å². The average molecular weight is 641 g/mol. The van der Waals surface area contributed by atoms with Gasteiger partial charge >= 0.3 is 0 Å². The molecular weight excluding hydrogens is 577 g/mol. The molecule has 0 aromatic heterocycles. The maximum atomic E-state index is 6.77. The summed E-state index contributed by atoms with van der Waals surface area (Å²) in [6, 6.07) is 16.1. The summed E-state index contributed by atoms with van der Waals surface area (Å²) in [6.07, 6.45) is 4.50. The number of hydrogen-bond donors (Lipinski definition) is 0. The van der Waals surface area contributed by atoms with Crippen molar-refractivity contribution in [2.45, 2.75) is 154 Å². The van der Waals surface area contributed by atoms with Crippen LogP contribution in [0.5, 0.6) is 11.5 Å². The van der Waals surface area contributed by atoms with E-state index < -0.39 is 25.0 Å². The minimum absolute atomic E-state index is 0.176. The predicted octanol–water partition coefficient (Wildman–Crippen LogP) is 12.1. The molecule has 0 saturated heterocycles. The quantitative estimate of drug-likeness (QED) is 0.202. The van der Waals surface area contributed by atoms with Crippen molar-refractivity contribution in [2.24, 2.45) is 0 Å². The fourth-order valence-electron chi connectivity index (χ4n) is 5.25. The van der Waals surface area contributed by atoms with Gasteiger partial charge < -0.3 is 13.3 Å². The van der Waals surface area contributed by atoms with Gasteiger partial charge in [0.2, 0.25) is 16.6 Å². The van der Waals surface area contributed by atoms with E-state index in [-0.39, 0.29) is 15.1 Å². The largest absolute Gasteiger partial charge is 0.544 e. The van der Waals surface area contributed by atoms with Crippen LogP contribution in [0, 0.1) is 0 Å². The molecule has 0 saturated carbocycles. The van der Waals surface area contributed by atoms with E-state index in [1.807, 2.05) is 0 Å². The fraction of sp³-hybridized carbons (Fsp3) is 0.676. The number of hydrogen-bond acceptors (Lipinski definition) is 3. The van der Waals surface area contributed by atoms with Crippen LogP contribution in [-0.2, 0) is 10.8 Å². The molecule has 43 heavy (non-hydrogen) atoms. The van der Waals surface area contributed by atoms with Gasteiger partial charge in [-0.15, -0.1) is 0 Å². The minimum atomic E-state index is -1.91. The van der Waals surface area contributed by atoms with Crippen molar-refractivity contribution in [1.82, 2.24) is 0 Å². The molecular formula is C37H64O3Si3. The van der Waals surface area contributed by atoms with Crippen LogP contribution in [-0.4, -0.2) is 31.6 Å². The normalized spacial score (nSPS) is 19.0. The van der Waals surface area contributed by atoms with Gasteiger partial charge in [-0.3, -0.25) is 0 Å². The van der Waals surface area contributed by atoms with Crippen molar-refractivity contribution in [1.29, 1.82) is 0 Å². The summed E-state index contributed by atoms with van der Waals surface area (Å²) >= 11 is 0. The second-order valence-electron chi connectivity index (χ2n) is 17.7. The molecule has 3 nitrogen and oxygen atoms in total. The Balaban J connectivity index is 1.95. The molecule has 0 heterocycles. The highest BCUT2D eigenvalue weighted by atomic mass is 28.4. The molecule has 0 spiro atoms. The van der Waals surface area contributed by atoms with Crippen LogP contribution in [0.1, 0.15) is 110 Å². The van der Waals surface area contributed by atoms with E-state index in [9.17, 15) is 0 Å². The average Bonchev–Trinajstić information content (AvgIpc) is 3.01. The van der Waals surface area contributed by atoms with Crippen molar-refractivity contribution < 1.29 is 13.3 Å². The fourth-order valence-corrected chi connectivity index (χ4v) is 8.36. The highest BCUT2D eigenvalue weighted by molar-refractivity contribution is 6.75. The van der Waals surface area contributed by atoms with Gasteiger partial charge in [0.1, 0.15) is 11.5 Å². The molecule has 0 N–H and O–H groups in total. The van der Waals surface area contributed by atoms with Crippen LogP contribution >= 0.6 is 0 Å². The summed E-state index contributed by atoms with van der Waals surface area (Å²) in [6.45, 7) is 35.7. The van der Waals surface area contributed by atoms with Crippen molar-refractivity contribution in [3.05, 3.63) is 59.2 Å². The van der Waals surface area contributed by atoms with E-state index >= 15 is 0 Å². The zero-order chi connectivity index (χ0) is 32.6. The second kappa shape index (κ2) is 12.8. The maximum absolute atomic E-state index is 6.77. The van der Waals surface area contributed by atoms with Crippen LogP contribution in [0.3, 0.4) is 0 Å². The van der Waals surface area contributed by atoms with E-state index in [0.717, 1.165) is 30.9 Å². The number of benzene rings is 2. The van der Waals surface area contributed by atoms with Crippen molar-refractivity contribution >= 4 is 25.0 Å². The van der Waals surface area contributed by atoms with Gasteiger partial charge in [0.15, 0.2) is 8.32 Å². The summed E-state index contributed by atoms with van der Waals surface area (Å²) in [4.78, 5) is 0. The van der Waals surface area contributed by atoms with Gasteiger partial charge in [-0.25, -0.2) is 0 Å². The Morgan fingerprint density at radius 1 is 0.651 bits per heavy atom. The molecule has 1 aliphatic rings. The smallest absolute Gasteiger partial charge is 0.250 e. The highest BCUT2D eigenvalue weighted by Crippen LogP contribution is 2.46. The third-order valence-electron chi connectivity index (χ3n) is 11.3. The molecule has 3 rings (SSSR count). The molecule has 2 atom stereocenters. The monoisotopic (exact) mass is 640 g/mol. The van der Waals surface area contributed by atoms with Crippen LogP contribution in [0.15, 0.2) is 42.5 Å². The summed E-state index contributed by atoms with van der Waals surface area (Å²) in [7, 11) is -5.61. The van der Waals surface area contributed by atoms with Crippen LogP contribution < -0.4 is 8.85 Å². The molecule has 0 aliphatic heterocycles. The Bertz CT molecular complexity index is 1210. The number of aryl methyl sites for hydroxylation is 1. The van der Waals surface area contributed by atoms with Gasteiger partial charge in [-0.05, 0) is 133 Å². The summed E-state index contributed by atoms with van der Waals surface area (Å²) in [5.41, 5.74) is 4.38. The Hall–Kier alpha value is -1.35. The lowest BCUT2D eigenvalue weighted by Crippen LogP contribution is -2.43. The lowest BCUT2D eigenvalue weighted by molar-refractivity contribution is 0.263. The Kier molecular flexibility index (Phi) is 10.8. The van der Waals surface area contributed by atoms with E-state index in [0.29, 0.717) is 11.8 Å². The van der Waals surface area contributed by atoms with Crippen LogP contribution in [0.4, 0.5) is 0 Å². The van der Waals surface area contributed by atoms with Crippen LogP contribution in [0.2, 0.25) is 54.4 Å². The van der Waals surface area contributed by atoms with E-state index in [1.165, 1.54) is 29.5 Å². The lowest BCUT2D eigenvalue weighted by atomic mass is 9.78. The molecule has 1 aliphatic carbocycles. The van der Waals surface area contributed by atoms with E-state index in [4.69, 9.17) is 13.3 Å². The minimum Gasteiger partial charge on any atom is -0.544 e. The van der Waals surface area contributed by atoms with Crippen LogP contribution in [0.25, 0.3) is 0 Å². The van der Waals surface area contributed by atoms with Gasteiger partial charge in [0.05, 0.1) is 0 Å². The van der Waals surface area contributed by atoms with Crippen molar-refractivity contribution in [3.63, 3.8) is 0 Å². The molecule has 0 radical (unpaired) electrons. The van der Waals surface area contributed by atoms with Crippen molar-refractivity contribution in [2.75, 3.05) is 6.61 Å². The molecule has 0 fully saturated rings. The maximum Gasteiger partial charge on any atom is 0.250 e. The first-order valence-electron chi connectivity index (χ1n) is 16.7. The Labute approximate surface area is 268 Å². The first-order valence-corrected chi connectivity index (χ1v) is 25.4. The van der Waals surface area contributed by atoms with Gasteiger partial charge in [0, 0.05) is 6.61 Å². The molecule has 6 heteroatoms. The second-order valence-corrected chi connectivity index (χ2v) is 31.9. The lowest BCUT2D eigenvalue weighted by Gasteiger charge is -2.37. The SMILES string of the molecule is CC(C)(C)[Si](C)(C)OCCC1c2ccc(O[Si](C)(C)C(C)(C)C)cc2CCCC1c1ccc(O[Si](C)(C)C(C)(C)C)cc1. The Morgan fingerprint density at radius 3 is 1.65 bits per heavy atom. The zero-order valence-corrected chi connectivity index (χ0v) is 33.5. The molecule has 0 amide bonds. The third-order valence-corrected chi connectivity index (χ3v) is 24.6. The Morgan fingerprint density at radius 2 is 1.14 bits per heavy atom. The summed E-state index contributed by atoms with van der Waals surface area (Å²) in [5, 5.41) is 0.567. The van der Waals surface area contributed by atoms with E-state index in [2.05, 4.69) is 144 Å². The van der Waals surface area contributed by atoms with Gasteiger partial charge in [-0.2, -0.15) is 0 Å². The zero-order valence-electron chi connectivity index (χ0n) is 30.5. The first kappa shape index (κ1) is 36.1. The topological polar surface area (TPSA) is 27.7 Å². The predicted molar refractivity (Wildman–Crippen MR) is 195 cm³/mol. The summed E-state index contributed by atoms with van der Waals surface area (Å²) < 4.78 is 20.2. The first-order chi connectivity index (χ1) is 19.5. The summed E-state index contributed by atoms with van der Waals surface area (Å²) in [5.74, 6) is 2.93. The molecule has 2 aromatic carbocycles. The van der Waals surface area contributed by atoms with Gasteiger partial charge in [0.25, 0.3) is 0 Å². The number of rotatable bonds is 9. The molecule has 2 aromatic rings. The highest BCUT2D eigenvalue weighted by Gasteiger charge is 2.41. The van der Waals surface area contributed by atoms with Gasteiger partial charge in [-0.1, -0.05) is 80.5 Å². The molecule has 242 valence electrons. The molecule has 0 bridgehead atoms. The standard InChI is InChI=1S/C37H64O3Si3/c1-35(2,3)41(10,11)38-26-25-34-32(28-19-21-30(22-20-28)39-42(12,13)36(4,5)6)18-16-17-29-27-31(23-24-33(29)34)40-43(14,15)37(7,8)9/h19-24,27,32,34H,16-18,25-26H2,1-15H3. The van der Waals surface area contributed by atoms with E-state index in [1.54, 1.807) is 0 Å². The molecule has 2 unspecified atom stereocenters. The third kappa shape index (κ3) is 8.68. The number of fused-ring (bicyclic) bond motifs is 1.